The lowest BCUT2D eigenvalue weighted by Gasteiger charge is -2.58. The molecule has 1 amide bonds. The van der Waals surface area contributed by atoms with Crippen LogP contribution in [0.15, 0.2) is 11.6 Å². The summed E-state index contributed by atoms with van der Waals surface area (Å²) in [7, 11) is 0. The number of hydrogen-bond acceptors (Lipinski definition) is 4. The topological polar surface area (TPSA) is 55.4 Å². The quantitative estimate of drug-likeness (QED) is 0.168. The fourth-order valence-corrected chi connectivity index (χ4v) is 10.7. The van der Waals surface area contributed by atoms with E-state index in [2.05, 4.69) is 46.0 Å². The van der Waals surface area contributed by atoms with Crippen molar-refractivity contribution in [2.45, 2.75) is 124 Å². The van der Waals surface area contributed by atoms with E-state index >= 15 is 0 Å². The van der Waals surface area contributed by atoms with Crippen LogP contribution in [0.5, 0.6) is 0 Å². The second kappa shape index (κ2) is 14.1. The normalized spacial score (nSPS) is 35.9. The van der Waals surface area contributed by atoms with Crippen LogP contribution >= 0.6 is 11.8 Å². The van der Waals surface area contributed by atoms with Crippen LogP contribution in [-0.4, -0.2) is 42.5 Å². The predicted octanol–water partition coefficient (Wildman–Crippen LogP) is 8.24. The molecule has 8 atom stereocenters. The summed E-state index contributed by atoms with van der Waals surface area (Å²) in [6.45, 7) is 15.6. The summed E-state index contributed by atoms with van der Waals surface area (Å²) in [5.74, 6) is 6.07. The van der Waals surface area contributed by atoms with Crippen molar-refractivity contribution in [2.75, 3.05) is 25.5 Å². The van der Waals surface area contributed by atoms with Crippen molar-refractivity contribution in [3.05, 3.63) is 11.6 Å². The van der Waals surface area contributed by atoms with Gasteiger partial charge in [0.25, 0.3) is 0 Å². The Hall–Kier alpha value is -0.810. The Labute approximate surface area is 250 Å². The molecule has 4 aliphatic rings. The molecule has 0 heterocycles. The second-order valence-corrected chi connectivity index (χ2v) is 16.2. The van der Waals surface area contributed by atoms with E-state index in [1.807, 2.05) is 11.8 Å². The third kappa shape index (κ3) is 7.39. The minimum Gasteiger partial charge on any atom is -0.379 e. The van der Waals surface area contributed by atoms with Crippen LogP contribution in [-0.2, 0) is 14.3 Å². The van der Waals surface area contributed by atoms with Crippen LogP contribution in [0.4, 0.5) is 0 Å². The van der Waals surface area contributed by atoms with Gasteiger partial charge in [0.2, 0.25) is 5.91 Å². The number of amides is 1. The first-order valence-corrected chi connectivity index (χ1v) is 17.7. The van der Waals surface area contributed by atoms with E-state index in [4.69, 9.17) is 4.74 Å². The first-order chi connectivity index (χ1) is 19.0. The van der Waals surface area contributed by atoms with Crippen molar-refractivity contribution in [3.63, 3.8) is 0 Å². The molecule has 0 aliphatic heterocycles. The Morgan fingerprint density at radius 1 is 1.05 bits per heavy atom. The lowest BCUT2D eigenvalue weighted by Crippen LogP contribution is -2.50. The van der Waals surface area contributed by atoms with E-state index in [-0.39, 0.29) is 11.7 Å². The van der Waals surface area contributed by atoms with Gasteiger partial charge in [-0.05, 0) is 105 Å². The van der Waals surface area contributed by atoms with Crippen LogP contribution in [0.1, 0.15) is 119 Å². The van der Waals surface area contributed by atoms with Crippen LogP contribution in [0.25, 0.3) is 0 Å². The summed E-state index contributed by atoms with van der Waals surface area (Å²) in [6, 6.07) is 0. The molecule has 40 heavy (non-hydrogen) atoms. The Morgan fingerprint density at radius 3 is 2.60 bits per heavy atom. The van der Waals surface area contributed by atoms with Gasteiger partial charge in [-0.25, -0.2) is 0 Å². The highest BCUT2D eigenvalue weighted by molar-refractivity contribution is 8.00. The maximum absolute atomic E-state index is 12.4. The van der Waals surface area contributed by atoms with Gasteiger partial charge >= 0.3 is 0 Å². The van der Waals surface area contributed by atoms with E-state index in [0.29, 0.717) is 48.0 Å². The molecule has 5 heteroatoms. The smallest absolute Gasteiger partial charge is 0.230 e. The number of fused-ring (bicyclic) bond motifs is 5. The van der Waals surface area contributed by atoms with Crippen molar-refractivity contribution in [1.82, 2.24) is 5.32 Å². The third-order valence-electron chi connectivity index (χ3n) is 11.9. The molecule has 1 unspecified atom stereocenters. The Bertz CT molecular complexity index is 901. The minimum atomic E-state index is 0.104. The highest BCUT2D eigenvalue weighted by Crippen LogP contribution is 2.67. The molecule has 3 fully saturated rings. The average molecular weight is 574 g/mol. The van der Waals surface area contributed by atoms with Gasteiger partial charge in [-0.2, -0.15) is 0 Å². The molecular formula is C35H59NO3S. The number of carbonyl (C=O) groups excluding carboxylic acids is 2. The zero-order chi connectivity index (χ0) is 28.9. The van der Waals surface area contributed by atoms with E-state index in [1.165, 1.54) is 70.6 Å². The van der Waals surface area contributed by atoms with Gasteiger partial charge in [0.05, 0.1) is 19.0 Å². The molecule has 4 nitrogen and oxygen atoms in total. The molecule has 4 aliphatic carbocycles. The first-order valence-electron chi connectivity index (χ1n) is 16.7. The van der Waals surface area contributed by atoms with Crippen LogP contribution in [0.3, 0.4) is 0 Å². The fraction of sp³-hybridized carbons (Fsp3) is 0.886. The van der Waals surface area contributed by atoms with Gasteiger partial charge in [0, 0.05) is 18.2 Å². The zero-order valence-corrected chi connectivity index (χ0v) is 27.4. The number of rotatable bonds is 14. The number of hydrogen-bond donors (Lipinski definition) is 1. The van der Waals surface area contributed by atoms with E-state index in [9.17, 15) is 9.59 Å². The van der Waals surface area contributed by atoms with Crippen LogP contribution < -0.4 is 5.32 Å². The number of ketones is 1. The van der Waals surface area contributed by atoms with Gasteiger partial charge in [-0.1, -0.05) is 65.5 Å². The molecule has 0 spiro atoms. The van der Waals surface area contributed by atoms with Gasteiger partial charge in [-0.15, -0.1) is 11.8 Å². The lowest BCUT2D eigenvalue weighted by atomic mass is 9.47. The zero-order valence-electron chi connectivity index (χ0n) is 26.6. The highest BCUT2D eigenvalue weighted by atomic mass is 32.2. The monoisotopic (exact) mass is 573 g/mol. The molecule has 0 saturated heterocycles. The van der Waals surface area contributed by atoms with E-state index in [1.54, 1.807) is 12.5 Å². The maximum atomic E-state index is 12.4. The summed E-state index contributed by atoms with van der Waals surface area (Å²) in [4.78, 5) is 23.4. The summed E-state index contributed by atoms with van der Waals surface area (Å²) >= 11 is 1.85. The van der Waals surface area contributed by atoms with Gasteiger partial charge in [0.15, 0.2) is 0 Å². The lowest BCUT2D eigenvalue weighted by molar-refractivity contribution is -0.120. The Kier molecular flexibility index (Phi) is 11.3. The van der Waals surface area contributed by atoms with Crippen LogP contribution in [0.2, 0.25) is 0 Å². The molecule has 0 aromatic heterocycles. The molecule has 228 valence electrons. The third-order valence-corrected chi connectivity index (χ3v) is 13.2. The Balaban J connectivity index is 1.26. The average Bonchev–Trinajstić information content (AvgIpc) is 3.26. The second-order valence-electron chi connectivity index (χ2n) is 14.9. The number of thioether (sulfide) groups is 1. The van der Waals surface area contributed by atoms with Crippen LogP contribution in [0, 0.1) is 46.3 Å². The summed E-state index contributed by atoms with van der Waals surface area (Å²) < 4.78 is 5.43. The summed E-state index contributed by atoms with van der Waals surface area (Å²) in [6.07, 6.45) is 18.1. The highest BCUT2D eigenvalue weighted by Gasteiger charge is 2.59. The van der Waals surface area contributed by atoms with Crippen molar-refractivity contribution >= 4 is 23.5 Å². The molecule has 1 N–H and O–H groups in total. The standard InChI is InChI=1S/C35H59NO3S/c1-24(2)8-7-9-25(3)30-12-13-31-29-11-10-27-22-28(14-17-34(27,5)32(29)15-18-35(30,31)6)40-23-33(38)36-19-21-39-20-16-26(4)37/h10,24-25,28-32H,7-9,11-23H2,1-6H3,(H,36,38)/t25-,28?,29+,30-,31+,32+,34+,35-/m1/s1. The number of Topliss-reactive ketones (excluding diaryl/α,β-unsaturated/α-hetero) is 1. The molecular weight excluding hydrogens is 514 g/mol. The first kappa shape index (κ1) is 32.1. The van der Waals surface area contributed by atoms with E-state index in [0.717, 1.165) is 35.5 Å². The Morgan fingerprint density at radius 2 is 1.85 bits per heavy atom. The molecule has 0 bridgehead atoms. The molecule has 0 aromatic rings. The maximum Gasteiger partial charge on any atom is 0.230 e. The van der Waals surface area contributed by atoms with Gasteiger partial charge in [0.1, 0.15) is 5.78 Å². The van der Waals surface area contributed by atoms with Crippen molar-refractivity contribution < 1.29 is 14.3 Å². The van der Waals surface area contributed by atoms with Gasteiger partial charge < -0.3 is 10.1 Å². The van der Waals surface area contributed by atoms with E-state index < -0.39 is 0 Å². The number of allylic oxidation sites excluding steroid dienone is 2. The SMILES string of the molecule is CC(=O)CCOCCNC(=O)CSC1CC[C@@]2(C)C(=CC[C@H]3[C@@H]4CC[C@H]([C@H](C)CCCC(C)C)[C@@]4(C)CC[C@@H]32)C1. The largest absolute Gasteiger partial charge is 0.379 e. The van der Waals surface area contributed by atoms with Crippen molar-refractivity contribution in [1.29, 1.82) is 0 Å². The molecule has 0 radical (unpaired) electrons. The van der Waals surface area contributed by atoms with Gasteiger partial charge in [-0.3, -0.25) is 9.59 Å². The summed E-state index contributed by atoms with van der Waals surface area (Å²) in [5.41, 5.74) is 2.65. The minimum absolute atomic E-state index is 0.104. The molecule has 0 aromatic carbocycles. The fourth-order valence-electron chi connectivity index (χ4n) is 9.62. The molecule has 3 saturated carbocycles. The predicted molar refractivity (Wildman–Crippen MR) is 168 cm³/mol. The molecule has 4 rings (SSSR count). The number of carbonyl (C=O) groups is 2. The van der Waals surface area contributed by atoms with Crippen molar-refractivity contribution in [3.8, 4) is 0 Å². The summed E-state index contributed by atoms with van der Waals surface area (Å²) in [5, 5.41) is 3.54. The number of ether oxygens (including phenoxy) is 1. The van der Waals surface area contributed by atoms with Crippen molar-refractivity contribution in [2.24, 2.45) is 46.3 Å². The number of nitrogens with one attached hydrogen (secondary N) is 1.